The Morgan fingerprint density at radius 2 is 1.59 bits per heavy atom. The molecule has 0 atom stereocenters. The van der Waals surface area contributed by atoms with Crippen molar-refractivity contribution in [3.63, 3.8) is 0 Å². The Kier molecular flexibility index (Phi) is 5.44. The second kappa shape index (κ2) is 7.94. The lowest BCUT2D eigenvalue weighted by Crippen LogP contribution is -2.04. The molecule has 0 fully saturated rings. The molecule has 0 unspecified atom stereocenters. The average Bonchev–Trinajstić information content (AvgIpc) is 2.64. The second-order valence-electron chi connectivity index (χ2n) is 5.54. The third kappa shape index (κ3) is 4.87. The Hall–Kier alpha value is -3.29. The van der Waals surface area contributed by atoms with Crippen LogP contribution in [0.1, 0.15) is 12.5 Å². The molecule has 1 heterocycles. The lowest BCUT2D eigenvalue weighted by atomic mass is 10.2. The number of hydrogen-bond acceptors (Lipinski definition) is 5. The van der Waals surface area contributed by atoms with Crippen molar-refractivity contribution in [1.29, 1.82) is 0 Å². The van der Waals surface area contributed by atoms with Gasteiger partial charge in [-0.15, -0.1) is 0 Å². The second-order valence-corrected chi connectivity index (χ2v) is 5.54. The molecule has 0 radical (unpaired) electrons. The van der Waals surface area contributed by atoms with Crippen LogP contribution in [-0.2, 0) is 6.18 Å². The molecule has 3 aromatic rings. The van der Waals surface area contributed by atoms with Crippen LogP contribution >= 0.6 is 0 Å². The van der Waals surface area contributed by atoms with Crippen LogP contribution in [0.3, 0.4) is 0 Å². The van der Waals surface area contributed by atoms with Gasteiger partial charge in [0.2, 0.25) is 0 Å². The minimum atomic E-state index is -4.36. The largest absolute Gasteiger partial charge is 0.492 e. The first kappa shape index (κ1) is 18.5. The molecular weight excluding hydrogens is 357 g/mol. The summed E-state index contributed by atoms with van der Waals surface area (Å²) in [4.78, 5) is 8.25. The van der Waals surface area contributed by atoms with Crippen molar-refractivity contribution in [2.75, 3.05) is 17.2 Å². The summed E-state index contributed by atoms with van der Waals surface area (Å²) in [5, 5.41) is 6.11. The van der Waals surface area contributed by atoms with E-state index in [1.165, 1.54) is 18.5 Å². The van der Waals surface area contributed by atoms with E-state index in [9.17, 15) is 13.2 Å². The number of halogens is 3. The van der Waals surface area contributed by atoms with E-state index >= 15 is 0 Å². The van der Waals surface area contributed by atoms with Gasteiger partial charge in [-0.25, -0.2) is 9.97 Å². The number of nitrogens with one attached hydrogen (secondary N) is 2. The quantitative estimate of drug-likeness (QED) is 0.606. The lowest BCUT2D eigenvalue weighted by Gasteiger charge is -2.12. The highest BCUT2D eigenvalue weighted by Gasteiger charge is 2.29. The van der Waals surface area contributed by atoms with E-state index in [-0.39, 0.29) is 0 Å². The average molecular weight is 374 g/mol. The highest BCUT2D eigenvalue weighted by molar-refractivity contribution is 5.67. The molecule has 0 aliphatic carbocycles. The molecule has 0 saturated carbocycles. The van der Waals surface area contributed by atoms with Gasteiger partial charge in [0.05, 0.1) is 17.9 Å². The summed E-state index contributed by atoms with van der Waals surface area (Å²) in [6.45, 7) is 2.43. The predicted octanol–water partition coefficient (Wildman–Crippen LogP) is 5.38. The standard InChI is InChI=1S/C19H17F3N4O/c1-2-27-16-6-4-3-5-15(16)26-18-11-17(23-12-24-18)25-14-9-7-13(8-10-14)19(20,21)22/h3-12H,2H2,1H3,(H2,23,24,25,26). The summed E-state index contributed by atoms with van der Waals surface area (Å²) >= 11 is 0. The molecule has 2 N–H and O–H groups in total. The first-order valence-electron chi connectivity index (χ1n) is 8.21. The molecule has 140 valence electrons. The van der Waals surface area contributed by atoms with E-state index in [1.807, 2.05) is 31.2 Å². The van der Waals surface area contributed by atoms with E-state index < -0.39 is 11.7 Å². The van der Waals surface area contributed by atoms with Gasteiger partial charge in [0, 0.05) is 11.8 Å². The number of alkyl halides is 3. The van der Waals surface area contributed by atoms with Crippen LogP contribution in [0.15, 0.2) is 60.9 Å². The number of nitrogens with zero attached hydrogens (tertiary/aromatic N) is 2. The number of hydrogen-bond donors (Lipinski definition) is 2. The zero-order valence-electron chi connectivity index (χ0n) is 14.4. The zero-order chi connectivity index (χ0) is 19.3. The number of para-hydroxylation sites is 2. The van der Waals surface area contributed by atoms with Gasteiger partial charge in [-0.2, -0.15) is 13.2 Å². The van der Waals surface area contributed by atoms with Crippen molar-refractivity contribution in [1.82, 2.24) is 9.97 Å². The van der Waals surface area contributed by atoms with E-state index in [4.69, 9.17) is 4.74 Å². The normalized spacial score (nSPS) is 11.1. The predicted molar refractivity (Wildman–Crippen MR) is 97.7 cm³/mol. The zero-order valence-corrected chi connectivity index (χ0v) is 14.4. The molecule has 2 aromatic carbocycles. The Bertz CT molecular complexity index is 898. The maximum atomic E-state index is 12.6. The Labute approximate surface area is 154 Å². The number of ether oxygens (including phenoxy) is 1. The van der Waals surface area contributed by atoms with Gasteiger partial charge in [0.25, 0.3) is 0 Å². The first-order chi connectivity index (χ1) is 13.0. The van der Waals surface area contributed by atoms with Crippen molar-refractivity contribution in [3.05, 3.63) is 66.5 Å². The van der Waals surface area contributed by atoms with Gasteiger partial charge in [-0.1, -0.05) is 12.1 Å². The monoisotopic (exact) mass is 374 g/mol. The van der Waals surface area contributed by atoms with Crippen molar-refractivity contribution >= 4 is 23.0 Å². The van der Waals surface area contributed by atoms with Crippen LogP contribution in [-0.4, -0.2) is 16.6 Å². The molecule has 1 aromatic heterocycles. The molecule has 0 aliphatic heterocycles. The Morgan fingerprint density at radius 1 is 0.926 bits per heavy atom. The van der Waals surface area contributed by atoms with E-state index in [0.29, 0.717) is 29.7 Å². The third-order valence-corrected chi connectivity index (χ3v) is 3.60. The highest BCUT2D eigenvalue weighted by atomic mass is 19.4. The molecule has 0 saturated heterocycles. The maximum absolute atomic E-state index is 12.6. The molecular formula is C19H17F3N4O. The summed E-state index contributed by atoms with van der Waals surface area (Å²) < 4.78 is 43.5. The van der Waals surface area contributed by atoms with Gasteiger partial charge in [-0.05, 0) is 43.3 Å². The summed E-state index contributed by atoms with van der Waals surface area (Å²) in [7, 11) is 0. The highest BCUT2D eigenvalue weighted by Crippen LogP contribution is 2.31. The van der Waals surface area contributed by atoms with Crippen LogP contribution < -0.4 is 15.4 Å². The minimum absolute atomic E-state index is 0.446. The number of rotatable bonds is 6. The van der Waals surface area contributed by atoms with Crippen molar-refractivity contribution in [2.24, 2.45) is 0 Å². The number of benzene rings is 2. The first-order valence-corrected chi connectivity index (χ1v) is 8.21. The minimum Gasteiger partial charge on any atom is -0.492 e. The maximum Gasteiger partial charge on any atom is 0.416 e. The molecule has 0 spiro atoms. The van der Waals surface area contributed by atoms with E-state index in [1.54, 1.807) is 6.07 Å². The van der Waals surface area contributed by atoms with Crippen LogP contribution in [0.25, 0.3) is 0 Å². The van der Waals surface area contributed by atoms with Gasteiger partial charge >= 0.3 is 6.18 Å². The molecule has 5 nitrogen and oxygen atoms in total. The summed E-state index contributed by atoms with van der Waals surface area (Å²) in [5.74, 6) is 1.66. The van der Waals surface area contributed by atoms with Crippen molar-refractivity contribution in [3.8, 4) is 5.75 Å². The lowest BCUT2D eigenvalue weighted by molar-refractivity contribution is -0.137. The number of aromatic nitrogens is 2. The fourth-order valence-electron chi connectivity index (χ4n) is 2.37. The summed E-state index contributed by atoms with van der Waals surface area (Å²) in [5.41, 5.74) is 0.534. The van der Waals surface area contributed by atoms with Gasteiger partial charge < -0.3 is 15.4 Å². The van der Waals surface area contributed by atoms with Crippen molar-refractivity contribution in [2.45, 2.75) is 13.1 Å². The molecule has 0 amide bonds. The molecule has 0 aliphatic rings. The van der Waals surface area contributed by atoms with Crippen LogP contribution in [0.4, 0.5) is 36.2 Å². The summed E-state index contributed by atoms with van der Waals surface area (Å²) in [6, 6.07) is 13.8. The van der Waals surface area contributed by atoms with Gasteiger partial charge in [-0.3, -0.25) is 0 Å². The topological polar surface area (TPSA) is 59.1 Å². The van der Waals surface area contributed by atoms with Crippen LogP contribution in [0.5, 0.6) is 5.75 Å². The van der Waals surface area contributed by atoms with E-state index in [0.717, 1.165) is 17.8 Å². The third-order valence-electron chi connectivity index (χ3n) is 3.60. The fourth-order valence-corrected chi connectivity index (χ4v) is 2.37. The molecule has 0 bridgehead atoms. The molecule has 27 heavy (non-hydrogen) atoms. The van der Waals surface area contributed by atoms with Gasteiger partial charge in [0.1, 0.15) is 23.7 Å². The van der Waals surface area contributed by atoms with Crippen molar-refractivity contribution < 1.29 is 17.9 Å². The smallest absolute Gasteiger partial charge is 0.416 e. The van der Waals surface area contributed by atoms with Gasteiger partial charge in [0.15, 0.2) is 0 Å². The Balaban J connectivity index is 1.74. The van der Waals surface area contributed by atoms with Crippen LogP contribution in [0, 0.1) is 0 Å². The van der Waals surface area contributed by atoms with Crippen LogP contribution in [0.2, 0.25) is 0 Å². The van der Waals surface area contributed by atoms with E-state index in [2.05, 4.69) is 20.6 Å². The SMILES string of the molecule is CCOc1ccccc1Nc1cc(Nc2ccc(C(F)(F)F)cc2)ncn1. The molecule has 3 rings (SSSR count). The fraction of sp³-hybridized carbons (Fsp3) is 0.158. The Morgan fingerprint density at radius 3 is 2.26 bits per heavy atom. The number of anilines is 4. The molecule has 8 heteroatoms. The summed E-state index contributed by atoms with van der Waals surface area (Å²) in [6.07, 6.45) is -3.00.